The van der Waals surface area contributed by atoms with Crippen LogP contribution in [0.1, 0.15) is 106 Å². The zero-order valence-corrected chi connectivity index (χ0v) is 25.6. The van der Waals surface area contributed by atoms with Gasteiger partial charge in [0.2, 0.25) is 11.8 Å². The Morgan fingerprint density at radius 1 is 0.949 bits per heavy atom. The van der Waals surface area contributed by atoms with Crippen LogP contribution >= 0.6 is 0 Å². The summed E-state index contributed by atoms with van der Waals surface area (Å²) in [4.78, 5) is 42.0. The summed E-state index contributed by atoms with van der Waals surface area (Å²) >= 11 is 0. The normalized spacial score (nSPS) is 30.1. The van der Waals surface area contributed by atoms with Gasteiger partial charge in [0.1, 0.15) is 12.1 Å². The van der Waals surface area contributed by atoms with Gasteiger partial charge in [0, 0.05) is 6.54 Å². The first kappa shape index (κ1) is 30.1. The molecule has 0 aromatic rings. The molecular weight excluding hydrogens is 516 g/mol. The predicted octanol–water partition coefficient (Wildman–Crippen LogP) is 3.51. The summed E-state index contributed by atoms with van der Waals surface area (Å²) in [6.45, 7) is 11.8. The fraction of sp³-hybridized carbons (Fsp3) is 0.897. The van der Waals surface area contributed by atoms with Crippen molar-refractivity contribution in [2.75, 3.05) is 12.3 Å². The maximum atomic E-state index is 14.2. The molecule has 0 aromatic carbocycles. The van der Waals surface area contributed by atoms with Crippen molar-refractivity contribution < 1.29 is 22.8 Å². The van der Waals surface area contributed by atoms with E-state index in [2.05, 4.69) is 31.4 Å². The van der Waals surface area contributed by atoms with Crippen molar-refractivity contribution in [3.8, 4) is 0 Å². The van der Waals surface area contributed by atoms with Crippen LogP contribution in [-0.4, -0.2) is 65.8 Å². The van der Waals surface area contributed by atoms with Gasteiger partial charge in [-0.15, -0.1) is 0 Å². The Kier molecular flexibility index (Phi) is 7.89. The van der Waals surface area contributed by atoms with Crippen LogP contribution in [0.3, 0.4) is 0 Å². The Bertz CT molecular complexity index is 1080. The number of rotatable bonds is 7. The number of amides is 4. The quantitative estimate of drug-likeness (QED) is 0.433. The molecule has 39 heavy (non-hydrogen) atoms. The van der Waals surface area contributed by atoms with Crippen molar-refractivity contribution >= 4 is 27.7 Å². The van der Waals surface area contributed by atoms with Gasteiger partial charge >= 0.3 is 6.03 Å². The van der Waals surface area contributed by atoms with E-state index < -0.39 is 49.6 Å². The largest absolute Gasteiger partial charge is 0.368 e. The van der Waals surface area contributed by atoms with Gasteiger partial charge in [0.15, 0.2) is 9.84 Å². The number of nitrogens with zero attached hydrogens (tertiary/aromatic N) is 1. The lowest BCUT2D eigenvalue weighted by Crippen LogP contribution is -2.64. The Morgan fingerprint density at radius 3 is 2.00 bits per heavy atom. The molecule has 1 aliphatic heterocycles. The molecule has 9 nitrogen and oxygen atoms in total. The summed E-state index contributed by atoms with van der Waals surface area (Å²) in [6.07, 6.45) is 8.45. The minimum atomic E-state index is -3.49. The molecule has 4 unspecified atom stereocenters. The monoisotopic (exact) mass is 566 g/mol. The summed E-state index contributed by atoms with van der Waals surface area (Å²) in [7, 11) is -3.49. The van der Waals surface area contributed by atoms with Crippen molar-refractivity contribution in [1.82, 2.24) is 15.5 Å². The van der Waals surface area contributed by atoms with Crippen molar-refractivity contribution in [2.45, 2.75) is 128 Å². The molecule has 10 heteroatoms. The molecule has 1 heterocycles. The first-order valence-corrected chi connectivity index (χ1v) is 16.5. The van der Waals surface area contributed by atoms with Crippen molar-refractivity contribution in [2.24, 2.45) is 28.4 Å². The maximum absolute atomic E-state index is 14.2. The average Bonchev–Trinajstić information content (AvgIpc) is 3.15. The number of primary amides is 1. The molecule has 3 saturated carbocycles. The summed E-state index contributed by atoms with van der Waals surface area (Å²) < 4.78 is 25.5. The lowest BCUT2D eigenvalue weighted by atomic mass is 9.70. The van der Waals surface area contributed by atoms with E-state index in [9.17, 15) is 22.8 Å². The molecule has 4 atom stereocenters. The number of piperidine rings is 1. The second-order valence-electron chi connectivity index (χ2n) is 14.8. The SMILES string of the molecule is CC1(C(NC(=O)NC2(CS(=O)(=O)C(C)(C)C)CCCCC2)C(=O)N2CC3C(C2C(N)=O)C3(C)C)CCCCC1. The highest BCUT2D eigenvalue weighted by Gasteiger charge is 2.69. The molecule has 0 radical (unpaired) electrons. The predicted molar refractivity (Wildman–Crippen MR) is 151 cm³/mol. The number of hydrogen-bond donors (Lipinski definition) is 3. The molecule has 0 spiro atoms. The van der Waals surface area contributed by atoms with E-state index in [0.29, 0.717) is 19.4 Å². The van der Waals surface area contributed by atoms with Gasteiger partial charge in [0.05, 0.1) is 16.0 Å². The smallest absolute Gasteiger partial charge is 0.315 e. The van der Waals surface area contributed by atoms with Crippen LogP contribution < -0.4 is 16.4 Å². The van der Waals surface area contributed by atoms with Gasteiger partial charge in [-0.3, -0.25) is 9.59 Å². The molecule has 4 aliphatic rings. The molecule has 4 N–H and O–H groups in total. The zero-order valence-electron chi connectivity index (χ0n) is 24.8. The van der Waals surface area contributed by atoms with E-state index in [1.54, 1.807) is 25.7 Å². The Morgan fingerprint density at radius 2 is 1.49 bits per heavy atom. The number of likely N-dealkylation sites (tertiary alicyclic amines) is 1. The summed E-state index contributed by atoms with van der Waals surface area (Å²) in [5.41, 5.74) is 4.46. The molecule has 4 rings (SSSR count). The molecule has 4 fully saturated rings. The van der Waals surface area contributed by atoms with E-state index >= 15 is 0 Å². The van der Waals surface area contributed by atoms with Crippen LogP contribution in [-0.2, 0) is 19.4 Å². The first-order valence-electron chi connectivity index (χ1n) is 14.8. The summed E-state index contributed by atoms with van der Waals surface area (Å²) in [5.74, 6) is -0.601. The lowest BCUT2D eigenvalue weighted by Gasteiger charge is -2.44. The Labute approximate surface area is 234 Å². The number of urea groups is 1. The van der Waals surface area contributed by atoms with Gasteiger partial charge in [-0.25, -0.2) is 13.2 Å². The fourth-order valence-corrected chi connectivity index (χ4v) is 9.23. The van der Waals surface area contributed by atoms with Gasteiger partial charge in [-0.1, -0.05) is 59.3 Å². The van der Waals surface area contributed by atoms with E-state index in [-0.39, 0.29) is 28.9 Å². The molecule has 3 aliphatic carbocycles. The number of carbonyl (C=O) groups is 3. The highest BCUT2D eigenvalue weighted by molar-refractivity contribution is 7.92. The van der Waals surface area contributed by atoms with E-state index in [1.165, 1.54) is 0 Å². The van der Waals surface area contributed by atoms with Crippen LogP contribution in [0.15, 0.2) is 0 Å². The molecule has 4 amide bonds. The highest BCUT2D eigenvalue weighted by Crippen LogP contribution is 2.65. The van der Waals surface area contributed by atoms with Crippen LogP contribution in [0.5, 0.6) is 0 Å². The van der Waals surface area contributed by atoms with E-state index in [1.807, 2.05) is 0 Å². The second-order valence-corrected chi connectivity index (χ2v) is 17.5. The number of fused-ring (bicyclic) bond motifs is 1. The number of sulfone groups is 1. The number of nitrogens with one attached hydrogen (secondary N) is 2. The third-order valence-corrected chi connectivity index (χ3v) is 13.4. The van der Waals surface area contributed by atoms with Crippen LogP contribution in [0.2, 0.25) is 0 Å². The summed E-state index contributed by atoms with van der Waals surface area (Å²) in [6, 6.07) is -2.00. The Hall–Kier alpha value is -1.84. The molecule has 1 saturated heterocycles. The van der Waals surface area contributed by atoms with Crippen molar-refractivity contribution in [3.63, 3.8) is 0 Å². The first-order chi connectivity index (χ1) is 17.9. The third kappa shape index (κ3) is 5.68. The minimum Gasteiger partial charge on any atom is -0.368 e. The van der Waals surface area contributed by atoms with Gasteiger partial charge in [-0.2, -0.15) is 0 Å². The Balaban J connectivity index is 1.58. The minimum absolute atomic E-state index is 0.0303. The van der Waals surface area contributed by atoms with Crippen molar-refractivity contribution in [3.05, 3.63) is 0 Å². The fourth-order valence-electron chi connectivity index (χ4n) is 7.71. The molecule has 0 bridgehead atoms. The van der Waals surface area contributed by atoms with E-state index in [0.717, 1.165) is 51.4 Å². The molecular formula is C29H50N4O5S. The highest BCUT2D eigenvalue weighted by atomic mass is 32.2. The number of carbonyl (C=O) groups excluding carboxylic acids is 3. The summed E-state index contributed by atoms with van der Waals surface area (Å²) in [5, 5.41) is 6.09. The topological polar surface area (TPSA) is 139 Å². The van der Waals surface area contributed by atoms with Crippen LogP contribution in [0.25, 0.3) is 0 Å². The second kappa shape index (κ2) is 10.2. The van der Waals surface area contributed by atoms with Crippen LogP contribution in [0, 0.1) is 22.7 Å². The van der Waals surface area contributed by atoms with Crippen molar-refractivity contribution in [1.29, 1.82) is 0 Å². The van der Waals surface area contributed by atoms with Gasteiger partial charge in [-0.05, 0) is 69.1 Å². The van der Waals surface area contributed by atoms with E-state index in [4.69, 9.17) is 5.73 Å². The van der Waals surface area contributed by atoms with Gasteiger partial charge < -0.3 is 21.3 Å². The lowest BCUT2D eigenvalue weighted by molar-refractivity contribution is -0.143. The number of hydrogen-bond acceptors (Lipinski definition) is 5. The standard InChI is InChI=1S/C29H50N4O5S/c1-26(2,3)39(37,38)18-29(15-11-8-12-16-29)32-25(36)31-22(28(6)13-9-7-10-14-28)24(35)33-17-19-20(27(19,4)5)21(33)23(30)34/h19-22H,7-18H2,1-6H3,(H2,30,34)(H2,31,32,36). The maximum Gasteiger partial charge on any atom is 0.315 e. The molecule has 0 aromatic heterocycles. The molecule has 222 valence electrons. The third-order valence-electron chi connectivity index (χ3n) is 10.6. The van der Waals surface area contributed by atoms with Gasteiger partial charge in [0.25, 0.3) is 0 Å². The average molecular weight is 567 g/mol. The zero-order chi connectivity index (χ0) is 29.0. The van der Waals surface area contributed by atoms with Crippen LogP contribution in [0.4, 0.5) is 4.79 Å². The number of nitrogens with two attached hydrogens (primary N) is 1.